The standard InChI is InChI=1S/C29H27F2NO2S2.C26H23F2NO2.C16H19BrOS2.2CH4/c1-18-15-22-25(34-28(11-3-12-28)17-29(22)35-13-4-14-36-29)16-21(18)19-7-9-20(10-8-19)32-27(33)26-23(30)5-2-6-24(26)31;1-16-14-18-10-13-26(11-3-12-26)31-23(18)15-20(16)17-6-8-19(9-7-17)29-25(30)24-21(27)4-2-5-22(24)28;1-11-8-12-14(9-13(11)17)18-15(4-2-5-15)10-16(12)19-6-3-7-20-16;;/h2,5-10,15-16H,3-4,11-14,17H2,1H3,(H,32,33);2,4-9,14-15H,3,10-13H2,1H3,(H,29,30);8-9H,2-7,10H2,1H3;2*1H4. The van der Waals surface area contributed by atoms with E-state index in [1.54, 1.807) is 24.3 Å². The number of anilines is 2. The second-order valence-corrected chi connectivity index (χ2v) is 31.6. The third-order valence-corrected chi connectivity index (χ3v) is 26.3. The molecule has 89 heavy (non-hydrogen) atoms. The quantitative estimate of drug-likeness (QED) is 0.158. The van der Waals surface area contributed by atoms with Crippen molar-refractivity contribution in [1.29, 1.82) is 0 Å². The molecular weight excluding hydrogens is 1270 g/mol. The van der Waals surface area contributed by atoms with Crippen LogP contribution in [-0.2, 0) is 14.6 Å². The number of ether oxygens (including phenoxy) is 3. The van der Waals surface area contributed by atoms with Gasteiger partial charge in [0.1, 0.15) is 68.4 Å². The number of amides is 2. The van der Waals surface area contributed by atoms with Crippen LogP contribution in [0, 0.1) is 44.0 Å². The van der Waals surface area contributed by atoms with Crippen LogP contribution in [0.1, 0.15) is 159 Å². The predicted molar refractivity (Wildman–Crippen MR) is 366 cm³/mol. The molecule has 5 fully saturated rings. The topological polar surface area (TPSA) is 85.9 Å². The third kappa shape index (κ3) is 12.9. The van der Waals surface area contributed by atoms with Gasteiger partial charge >= 0.3 is 0 Å². The van der Waals surface area contributed by atoms with E-state index in [0.717, 1.165) is 114 Å². The molecule has 7 aromatic carbocycles. The number of carbonyl (C=O) groups is 2. The molecule has 0 unspecified atom stereocenters. The summed E-state index contributed by atoms with van der Waals surface area (Å²) in [7, 11) is 0. The van der Waals surface area contributed by atoms with Crippen molar-refractivity contribution in [1.82, 2.24) is 0 Å². The molecule has 5 spiro atoms. The Hall–Kier alpha value is -5.52. The Balaban J connectivity index is 0.000000141. The van der Waals surface area contributed by atoms with Crippen LogP contribution in [0.3, 0.4) is 0 Å². The van der Waals surface area contributed by atoms with Gasteiger partial charge in [0, 0.05) is 39.8 Å². The summed E-state index contributed by atoms with van der Waals surface area (Å²) in [5.74, 6) is 2.89. The van der Waals surface area contributed by atoms with Gasteiger partial charge in [-0.15, -0.1) is 47.0 Å². The first kappa shape index (κ1) is 65.0. The van der Waals surface area contributed by atoms with E-state index in [1.165, 1.54) is 119 Å². The minimum Gasteiger partial charge on any atom is -0.487 e. The molecule has 8 aliphatic rings. The smallest absolute Gasteiger partial charge is 0.261 e. The zero-order valence-electron chi connectivity index (χ0n) is 49.0. The lowest BCUT2D eigenvalue weighted by Crippen LogP contribution is -2.51. The normalized spacial score (nSPS) is 19.3. The molecule has 5 aliphatic heterocycles. The molecule has 0 radical (unpaired) electrons. The average Bonchev–Trinajstić information content (AvgIpc) is 0.795. The molecule has 15 rings (SSSR count). The van der Waals surface area contributed by atoms with Crippen LogP contribution >= 0.6 is 63.0 Å². The third-order valence-electron chi connectivity index (χ3n) is 18.8. The van der Waals surface area contributed by atoms with E-state index in [9.17, 15) is 27.2 Å². The maximum Gasteiger partial charge on any atom is 0.261 e. The van der Waals surface area contributed by atoms with Crippen molar-refractivity contribution in [3.8, 4) is 39.5 Å². The number of benzene rings is 7. The highest BCUT2D eigenvalue weighted by Gasteiger charge is 2.55. The maximum atomic E-state index is 14.0. The molecule has 16 heteroatoms. The van der Waals surface area contributed by atoms with E-state index in [1.807, 2.05) is 24.3 Å². The Bertz CT molecular complexity index is 3760. The van der Waals surface area contributed by atoms with Gasteiger partial charge in [-0.3, -0.25) is 9.59 Å². The fourth-order valence-corrected chi connectivity index (χ4v) is 21.1. The lowest BCUT2D eigenvalue weighted by Gasteiger charge is -2.53. The van der Waals surface area contributed by atoms with Gasteiger partial charge in [0.05, 0.1) is 8.16 Å². The van der Waals surface area contributed by atoms with Crippen molar-refractivity contribution in [3.05, 3.63) is 194 Å². The van der Waals surface area contributed by atoms with Crippen molar-refractivity contribution in [2.24, 2.45) is 0 Å². The van der Waals surface area contributed by atoms with Gasteiger partial charge < -0.3 is 24.8 Å². The Morgan fingerprint density at radius 3 is 1.26 bits per heavy atom. The zero-order valence-corrected chi connectivity index (χ0v) is 53.9. The monoisotopic (exact) mass is 1340 g/mol. The van der Waals surface area contributed by atoms with Crippen LogP contribution in [0.5, 0.6) is 17.2 Å². The van der Waals surface area contributed by atoms with Gasteiger partial charge in [0.15, 0.2) is 0 Å². The molecule has 2 saturated heterocycles. The van der Waals surface area contributed by atoms with Crippen molar-refractivity contribution in [2.45, 2.75) is 157 Å². The number of aryl methyl sites for hydroxylation is 4. The molecular formula is C73H77BrF4N2O5S4. The Morgan fingerprint density at radius 1 is 0.461 bits per heavy atom. The molecule has 0 atom stereocenters. The highest BCUT2D eigenvalue weighted by atomic mass is 79.9. The van der Waals surface area contributed by atoms with Crippen LogP contribution in [0.4, 0.5) is 28.9 Å². The first-order chi connectivity index (χ1) is 41.9. The van der Waals surface area contributed by atoms with Crippen LogP contribution < -0.4 is 24.8 Å². The number of thioether (sulfide) groups is 4. The molecule has 3 saturated carbocycles. The van der Waals surface area contributed by atoms with E-state index < -0.39 is 46.2 Å². The van der Waals surface area contributed by atoms with Gasteiger partial charge in [-0.25, -0.2) is 17.6 Å². The number of carbonyl (C=O) groups excluding carboxylic acids is 2. The van der Waals surface area contributed by atoms with Crippen LogP contribution in [-0.4, -0.2) is 51.6 Å². The van der Waals surface area contributed by atoms with Gasteiger partial charge in [-0.2, -0.15) is 0 Å². The summed E-state index contributed by atoms with van der Waals surface area (Å²) in [4.78, 5) is 24.8. The number of rotatable bonds is 6. The molecule has 468 valence electrons. The van der Waals surface area contributed by atoms with Crippen molar-refractivity contribution in [3.63, 3.8) is 0 Å². The maximum absolute atomic E-state index is 14.0. The Morgan fingerprint density at radius 2 is 0.843 bits per heavy atom. The van der Waals surface area contributed by atoms with Crippen LogP contribution in [0.15, 0.2) is 126 Å². The molecule has 3 aliphatic carbocycles. The molecule has 0 bridgehead atoms. The Labute approximate surface area is 547 Å². The first-order valence-electron chi connectivity index (χ1n) is 30.4. The minimum atomic E-state index is -0.886. The molecule has 0 aromatic heterocycles. The molecule has 7 nitrogen and oxygen atoms in total. The summed E-state index contributed by atoms with van der Waals surface area (Å²) in [5.41, 5.74) is 11.7. The van der Waals surface area contributed by atoms with Crippen molar-refractivity contribution < 1.29 is 41.4 Å². The summed E-state index contributed by atoms with van der Waals surface area (Å²) in [6.07, 6.45) is 17.8. The molecule has 2 N–H and O–H groups in total. The van der Waals surface area contributed by atoms with E-state index >= 15 is 0 Å². The van der Waals surface area contributed by atoms with Crippen LogP contribution in [0.25, 0.3) is 22.3 Å². The van der Waals surface area contributed by atoms with Crippen molar-refractivity contribution in [2.75, 3.05) is 33.6 Å². The van der Waals surface area contributed by atoms with Gasteiger partial charge in [0.25, 0.3) is 11.8 Å². The van der Waals surface area contributed by atoms with Gasteiger partial charge in [-0.1, -0.05) is 73.2 Å². The minimum absolute atomic E-state index is 0. The Kier molecular flexibility index (Phi) is 19.2. The summed E-state index contributed by atoms with van der Waals surface area (Å²) in [6, 6.07) is 34.7. The predicted octanol–water partition coefficient (Wildman–Crippen LogP) is 21.1. The summed E-state index contributed by atoms with van der Waals surface area (Å²) < 4.78 is 76.7. The van der Waals surface area contributed by atoms with E-state index in [-0.39, 0.29) is 39.8 Å². The molecule has 5 heterocycles. The highest BCUT2D eigenvalue weighted by molar-refractivity contribution is 9.10. The summed E-state index contributed by atoms with van der Waals surface area (Å²) in [6.45, 7) is 6.40. The highest BCUT2D eigenvalue weighted by Crippen LogP contribution is 2.65. The van der Waals surface area contributed by atoms with Gasteiger partial charge in [0.2, 0.25) is 0 Å². The lowest BCUT2D eigenvalue weighted by atomic mass is 9.74. The SMILES string of the molecule is C.C.Cc1cc2c(cc1-c1ccc(NC(=O)c3c(F)cccc3F)cc1)OC1(CCC1)CC2.Cc1cc2c(cc1-c1ccc(NC(=O)c3c(F)cccc3F)cc1)OC1(CCC1)CC21SCCCS1.Cc1cc2c(cc1Br)OC1(CCC1)CC21SCCCS1. The first-order valence-corrected chi connectivity index (χ1v) is 35.1. The second kappa shape index (κ2) is 26.2. The van der Waals surface area contributed by atoms with E-state index in [4.69, 9.17) is 14.2 Å². The van der Waals surface area contributed by atoms with Crippen molar-refractivity contribution >= 4 is 86.2 Å². The number of halogens is 5. The average molecular weight is 1350 g/mol. The lowest BCUT2D eigenvalue weighted by molar-refractivity contribution is -0.0293. The van der Waals surface area contributed by atoms with E-state index in [2.05, 4.69) is 131 Å². The fraction of sp³-hybridized carbons (Fsp3) is 0.397. The largest absolute Gasteiger partial charge is 0.487 e. The number of nitrogens with one attached hydrogen (secondary N) is 2. The van der Waals surface area contributed by atoms with Crippen LogP contribution in [0.2, 0.25) is 0 Å². The van der Waals surface area contributed by atoms with E-state index in [0.29, 0.717) is 11.4 Å². The zero-order chi connectivity index (χ0) is 60.3. The number of fused-ring (bicyclic) bond motifs is 5. The fourth-order valence-electron chi connectivity index (χ4n) is 13.6. The summed E-state index contributed by atoms with van der Waals surface area (Å²) >= 11 is 12.2. The molecule has 7 aromatic rings. The number of hydrogen-bond donors (Lipinski definition) is 2. The second-order valence-electron chi connectivity index (χ2n) is 24.7. The summed E-state index contributed by atoms with van der Waals surface area (Å²) in [5, 5.41) is 5.16. The molecule has 2 amide bonds. The van der Waals surface area contributed by atoms with Gasteiger partial charge in [-0.05, 0) is 251 Å². The number of hydrogen-bond acceptors (Lipinski definition) is 9.